The summed E-state index contributed by atoms with van der Waals surface area (Å²) in [5.74, 6) is -0.957. The lowest BCUT2D eigenvalue weighted by Crippen LogP contribution is -2.54. The molecule has 2 unspecified atom stereocenters. The number of benzene rings is 1. The fourth-order valence-electron chi connectivity index (χ4n) is 3.29. The second-order valence-electron chi connectivity index (χ2n) is 7.40. The maximum Gasteiger partial charge on any atom is 0.325 e. The van der Waals surface area contributed by atoms with Crippen molar-refractivity contribution in [1.29, 1.82) is 0 Å². The standard InChI is InChI=1S/C19H25N5O4/c1-11(2)10-14(16(25)20-12(3)17(26)27)22-19(28)24-9-8-23-15-7-5-4-6-13(15)21-18(23)24/h4-7,11-12,14H,8-10H2,1-3H3,(H,20,25)(H,22,28)(H,26,27). The van der Waals surface area contributed by atoms with Crippen LogP contribution in [0.1, 0.15) is 27.2 Å². The normalized spacial score (nSPS) is 15.4. The van der Waals surface area contributed by atoms with E-state index in [0.717, 1.165) is 11.0 Å². The van der Waals surface area contributed by atoms with Crippen LogP contribution < -0.4 is 15.5 Å². The van der Waals surface area contributed by atoms with Crippen LogP contribution in [0, 0.1) is 5.92 Å². The van der Waals surface area contributed by atoms with Gasteiger partial charge in [0.05, 0.1) is 11.0 Å². The van der Waals surface area contributed by atoms with E-state index in [1.54, 1.807) is 0 Å². The van der Waals surface area contributed by atoms with Crippen molar-refractivity contribution in [2.45, 2.75) is 45.8 Å². The molecule has 1 aromatic carbocycles. The van der Waals surface area contributed by atoms with Gasteiger partial charge in [-0.25, -0.2) is 9.78 Å². The number of fused-ring (bicyclic) bond motifs is 3. The molecule has 0 bridgehead atoms. The van der Waals surface area contributed by atoms with Gasteiger partial charge >= 0.3 is 12.0 Å². The van der Waals surface area contributed by atoms with Gasteiger partial charge in [-0.2, -0.15) is 0 Å². The molecule has 0 saturated carbocycles. The van der Waals surface area contributed by atoms with Crippen LogP contribution in [0.2, 0.25) is 0 Å². The zero-order valence-electron chi connectivity index (χ0n) is 16.2. The zero-order valence-corrected chi connectivity index (χ0v) is 16.2. The van der Waals surface area contributed by atoms with Crippen LogP contribution in [0.25, 0.3) is 11.0 Å². The number of carboxylic acids is 1. The minimum atomic E-state index is -1.13. The van der Waals surface area contributed by atoms with Gasteiger partial charge < -0.3 is 20.3 Å². The van der Waals surface area contributed by atoms with Gasteiger partial charge in [-0.05, 0) is 31.4 Å². The maximum atomic E-state index is 12.9. The third-order valence-electron chi connectivity index (χ3n) is 4.72. The number of aliphatic carboxylic acids is 1. The molecule has 150 valence electrons. The molecule has 1 aliphatic rings. The lowest BCUT2D eigenvalue weighted by Gasteiger charge is -2.24. The number of anilines is 1. The largest absolute Gasteiger partial charge is 0.480 e. The van der Waals surface area contributed by atoms with Gasteiger partial charge in [-0.1, -0.05) is 26.0 Å². The molecular formula is C19H25N5O4. The molecule has 2 heterocycles. The second kappa shape index (κ2) is 7.87. The Balaban J connectivity index is 1.76. The Kier molecular flexibility index (Phi) is 5.53. The fraction of sp³-hybridized carbons (Fsp3) is 0.474. The Morgan fingerprint density at radius 1 is 1.14 bits per heavy atom. The van der Waals surface area contributed by atoms with E-state index in [9.17, 15) is 14.4 Å². The number of carbonyl (C=O) groups excluding carboxylic acids is 2. The Morgan fingerprint density at radius 2 is 1.86 bits per heavy atom. The first-order valence-corrected chi connectivity index (χ1v) is 9.34. The Bertz CT molecular complexity index is 907. The summed E-state index contributed by atoms with van der Waals surface area (Å²) >= 11 is 0. The van der Waals surface area contributed by atoms with Gasteiger partial charge in [0.2, 0.25) is 11.9 Å². The number of hydrogen-bond donors (Lipinski definition) is 3. The first kappa shape index (κ1) is 19.7. The van der Waals surface area contributed by atoms with E-state index in [4.69, 9.17) is 5.11 Å². The summed E-state index contributed by atoms with van der Waals surface area (Å²) in [6, 6.07) is 5.38. The molecule has 28 heavy (non-hydrogen) atoms. The SMILES string of the molecule is CC(C)CC(NC(=O)N1CCn2c1nc1ccccc12)C(=O)NC(C)C(=O)O. The van der Waals surface area contributed by atoms with Crippen LogP contribution in [-0.4, -0.2) is 51.2 Å². The van der Waals surface area contributed by atoms with Crippen molar-refractivity contribution in [3.63, 3.8) is 0 Å². The number of carbonyl (C=O) groups is 3. The molecule has 0 saturated heterocycles. The van der Waals surface area contributed by atoms with E-state index in [1.807, 2.05) is 42.7 Å². The average molecular weight is 387 g/mol. The van der Waals surface area contributed by atoms with E-state index in [1.165, 1.54) is 11.8 Å². The topological polar surface area (TPSA) is 117 Å². The van der Waals surface area contributed by atoms with E-state index >= 15 is 0 Å². The van der Waals surface area contributed by atoms with Gasteiger partial charge in [0.1, 0.15) is 12.1 Å². The van der Waals surface area contributed by atoms with Crippen molar-refractivity contribution >= 4 is 34.9 Å². The highest BCUT2D eigenvalue weighted by atomic mass is 16.4. The summed E-state index contributed by atoms with van der Waals surface area (Å²) in [7, 11) is 0. The smallest absolute Gasteiger partial charge is 0.325 e. The monoisotopic (exact) mass is 387 g/mol. The quantitative estimate of drug-likeness (QED) is 0.696. The first-order chi connectivity index (χ1) is 13.3. The number of carboxylic acid groups (broad SMARTS) is 1. The predicted octanol–water partition coefficient (Wildman–Crippen LogP) is 1.57. The fourth-order valence-corrected chi connectivity index (χ4v) is 3.29. The molecule has 0 spiro atoms. The third-order valence-corrected chi connectivity index (χ3v) is 4.72. The molecule has 3 amide bonds. The predicted molar refractivity (Wildman–Crippen MR) is 104 cm³/mol. The van der Waals surface area contributed by atoms with Gasteiger partial charge in [-0.3, -0.25) is 14.5 Å². The molecule has 2 aromatic rings. The molecule has 1 aromatic heterocycles. The molecule has 0 aliphatic carbocycles. The number of amides is 3. The Labute approximate surface area is 162 Å². The first-order valence-electron chi connectivity index (χ1n) is 9.34. The highest BCUT2D eigenvalue weighted by Gasteiger charge is 2.32. The van der Waals surface area contributed by atoms with E-state index in [2.05, 4.69) is 15.6 Å². The second-order valence-corrected chi connectivity index (χ2v) is 7.40. The van der Waals surface area contributed by atoms with Crippen molar-refractivity contribution in [3.8, 4) is 0 Å². The lowest BCUT2D eigenvalue weighted by molar-refractivity contribution is -0.141. The summed E-state index contributed by atoms with van der Waals surface area (Å²) in [5.41, 5.74) is 1.77. The van der Waals surface area contributed by atoms with Gasteiger partial charge in [0.15, 0.2) is 0 Å². The molecule has 2 atom stereocenters. The van der Waals surface area contributed by atoms with E-state index in [0.29, 0.717) is 25.5 Å². The minimum absolute atomic E-state index is 0.138. The lowest BCUT2D eigenvalue weighted by atomic mass is 10.0. The summed E-state index contributed by atoms with van der Waals surface area (Å²) in [6.07, 6.45) is 0.397. The number of nitrogens with zero attached hydrogens (tertiary/aromatic N) is 3. The highest BCUT2D eigenvalue weighted by Crippen LogP contribution is 2.27. The maximum absolute atomic E-state index is 12.9. The number of nitrogens with one attached hydrogen (secondary N) is 2. The molecule has 0 fully saturated rings. The molecule has 9 nitrogen and oxygen atoms in total. The van der Waals surface area contributed by atoms with Crippen LogP contribution in [0.4, 0.5) is 10.7 Å². The van der Waals surface area contributed by atoms with Crippen LogP contribution in [0.15, 0.2) is 24.3 Å². The zero-order chi connectivity index (χ0) is 20.4. The number of rotatable bonds is 6. The number of aromatic nitrogens is 2. The van der Waals surface area contributed by atoms with Gasteiger partial charge in [0.25, 0.3) is 0 Å². The minimum Gasteiger partial charge on any atom is -0.480 e. The summed E-state index contributed by atoms with van der Waals surface area (Å²) in [6.45, 7) is 6.34. The van der Waals surface area contributed by atoms with Crippen LogP contribution in [-0.2, 0) is 16.1 Å². The summed E-state index contributed by atoms with van der Waals surface area (Å²) in [5, 5.41) is 14.2. The van der Waals surface area contributed by atoms with Crippen molar-refractivity contribution in [1.82, 2.24) is 20.2 Å². The highest BCUT2D eigenvalue weighted by molar-refractivity contribution is 5.97. The molecule has 0 radical (unpaired) electrons. The van der Waals surface area contributed by atoms with Crippen LogP contribution in [0.5, 0.6) is 0 Å². The number of para-hydroxylation sites is 2. The van der Waals surface area contributed by atoms with Gasteiger partial charge in [0, 0.05) is 13.1 Å². The molecule has 3 rings (SSSR count). The Hall–Kier alpha value is -3.10. The van der Waals surface area contributed by atoms with Crippen molar-refractivity contribution in [2.75, 3.05) is 11.4 Å². The van der Waals surface area contributed by atoms with Crippen LogP contribution in [0.3, 0.4) is 0 Å². The molecule has 9 heteroatoms. The average Bonchev–Trinajstić information content (AvgIpc) is 3.19. The van der Waals surface area contributed by atoms with Crippen molar-refractivity contribution in [2.24, 2.45) is 5.92 Å². The summed E-state index contributed by atoms with van der Waals surface area (Å²) < 4.78 is 1.97. The molecule has 1 aliphatic heterocycles. The Morgan fingerprint density at radius 3 is 2.54 bits per heavy atom. The third kappa shape index (κ3) is 3.92. The number of hydrogen-bond acceptors (Lipinski definition) is 4. The molecular weight excluding hydrogens is 362 g/mol. The number of urea groups is 1. The van der Waals surface area contributed by atoms with Crippen molar-refractivity contribution < 1.29 is 19.5 Å². The van der Waals surface area contributed by atoms with Crippen LogP contribution >= 0.6 is 0 Å². The van der Waals surface area contributed by atoms with Crippen molar-refractivity contribution in [3.05, 3.63) is 24.3 Å². The number of imidazole rings is 1. The molecule has 3 N–H and O–H groups in total. The van der Waals surface area contributed by atoms with E-state index < -0.39 is 30.0 Å². The summed E-state index contributed by atoms with van der Waals surface area (Å²) in [4.78, 5) is 42.4. The van der Waals surface area contributed by atoms with E-state index in [-0.39, 0.29) is 5.92 Å². The van der Waals surface area contributed by atoms with Gasteiger partial charge in [-0.15, -0.1) is 0 Å².